The summed E-state index contributed by atoms with van der Waals surface area (Å²) in [4.78, 5) is 0. The van der Waals surface area contributed by atoms with E-state index in [9.17, 15) is 0 Å². The van der Waals surface area contributed by atoms with E-state index in [0.29, 0.717) is 23.6 Å². The second-order valence-corrected chi connectivity index (χ2v) is 5.29. The highest BCUT2D eigenvalue weighted by atomic mass is 16.5. The van der Waals surface area contributed by atoms with Crippen LogP contribution in [0.15, 0.2) is 18.2 Å². The van der Waals surface area contributed by atoms with Crippen molar-refractivity contribution in [2.45, 2.75) is 37.8 Å². The Kier molecular flexibility index (Phi) is 6.14. The van der Waals surface area contributed by atoms with Gasteiger partial charge in [-0.1, -0.05) is 0 Å². The lowest BCUT2D eigenvalue weighted by Crippen LogP contribution is -2.29. The quantitative estimate of drug-likeness (QED) is 0.809. The van der Waals surface area contributed by atoms with Crippen LogP contribution in [0.2, 0.25) is 0 Å². The Morgan fingerprint density at radius 2 is 1.90 bits per heavy atom. The van der Waals surface area contributed by atoms with Crippen LogP contribution in [-0.4, -0.2) is 44.7 Å². The lowest BCUT2D eigenvalue weighted by molar-refractivity contribution is 0.0682. The molecule has 0 atom stereocenters. The molecular formula is C16H25NO4. The van der Waals surface area contributed by atoms with Crippen LogP contribution in [-0.2, 0) is 4.74 Å². The smallest absolute Gasteiger partial charge is 0.163 e. The minimum atomic E-state index is -0.0121. The van der Waals surface area contributed by atoms with Crippen molar-refractivity contribution in [1.82, 2.24) is 0 Å². The van der Waals surface area contributed by atoms with E-state index >= 15 is 0 Å². The standard InChI is InChI=1S/C16H25NO4/c1-19-14-6-3-12(4-7-14)17-13-5-8-15(20-2)16(11-13)21-10-9-18/h5,8,11-12,14,17-18H,3-4,6-7,9-10H2,1-2H3. The van der Waals surface area contributed by atoms with Crippen LogP contribution in [0, 0.1) is 0 Å². The Morgan fingerprint density at radius 3 is 2.52 bits per heavy atom. The summed E-state index contributed by atoms with van der Waals surface area (Å²) in [5.41, 5.74) is 1.02. The van der Waals surface area contributed by atoms with Crippen molar-refractivity contribution >= 4 is 5.69 Å². The van der Waals surface area contributed by atoms with E-state index in [1.165, 1.54) is 0 Å². The van der Waals surface area contributed by atoms with E-state index in [-0.39, 0.29) is 13.2 Å². The molecule has 1 fully saturated rings. The first-order valence-corrected chi connectivity index (χ1v) is 7.48. The number of rotatable bonds is 7. The van der Waals surface area contributed by atoms with Gasteiger partial charge in [0.2, 0.25) is 0 Å². The molecule has 0 amide bonds. The molecule has 0 aliphatic heterocycles. The topological polar surface area (TPSA) is 60.0 Å². The average molecular weight is 295 g/mol. The van der Waals surface area contributed by atoms with Gasteiger partial charge in [0.1, 0.15) is 6.61 Å². The monoisotopic (exact) mass is 295 g/mol. The molecule has 0 saturated heterocycles. The minimum absolute atomic E-state index is 0.0121. The van der Waals surface area contributed by atoms with E-state index < -0.39 is 0 Å². The van der Waals surface area contributed by atoms with Crippen LogP contribution in [0.4, 0.5) is 5.69 Å². The molecule has 5 nitrogen and oxygen atoms in total. The molecule has 118 valence electrons. The number of ether oxygens (including phenoxy) is 3. The SMILES string of the molecule is COc1ccc(NC2CCC(OC)CC2)cc1OCCO. The van der Waals surface area contributed by atoms with Crippen molar-refractivity contribution in [2.24, 2.45) is 0 Å². The van der Waals surface area contributed by atoms with Gasteiger partial charge < -0.3 is 24.6 Å². The van der Waals surface area contributed by atoms with Crippen molar-refractivity contribution in [1.29, 1.82) is 0 Å². The van der Waals surface area contributed by atoms with Gasteiger partial charge in [-0.2, -0.15) is 0 Å². The number of anilines is 1. The number of aliphatic hydroxyl groups is 1. The van der Waals surface area contributed by atoms with Gasteiger partial charge in [0.25, 0.3) is 0 Å². The van der Waals surface area contributed by atoms with Gasteiger partial charge in [-0.05, 0) is 37.8 Å². The summed E-state index contributed by atoms with van der Waals surface area (Å²) < 4.78 is 16.2. The Hall–Kier alpha value is -1.46. The molecule has 2 N–H and O–H groups in total. The molecular weight excluding hydrogens is 270 g/mol. The van der Waals surface area contributed by atoms with Crippen LogP contribution >= 0.6 is 0 Å². The van der Waals surface area contributed by atoms with E-state index in [0.717, 1.165) is 31.4 Å². The number of aliphatic hydroxyl groups excluding tert-OH is 1. The van der Waals surface area contributed by atoms with Crippen LogP contribution in [0.5, 0.6) is 11.5 Å². The minimum Gasteiger partial charge on any atom is -0.493 e. The van der Waals surface area contributed by atoms with Gasteiger partial charge >= 0.3 is 0 Å². The molecule has 1 aromatic carbocycles. The highest BCUT2D eigenvalue weighted by Gasteiger charge is 2.20. The van der Waals surface area contributed by atoms with Crippen LogP contribution in [0.1, 0.15) is 25.7 Å². The van der Waals surface area contributed by atoms with E-state index in [4.69, 9.17) is 19.3 Å². The van der Waals surface area contributed by atoms with Gasteiger partial charge in [0, 0.05) is 24.9 Å². The number of hydrogen-bond donors (Lipinski definition) is 2. The molecule has 1 aliphatic carbocycles. The summed E-state index contributed by atoms with van der Waals surface area (Å²) in [6.07, 6.45) is 4.81. The van der Waals surface area contributed by atoms with E-state index in [1.54, 1.807) is 14.2 Å². The average Bonchev–Trinajstić information content (AvgIpc) is 2.54. The molecule has 21 heavy (non-hydrogen) atoms. The largest absolute Gasteiger partial charge is 0.493 e. The molecule has 1 aliphatic rings. The lowest BCUT2D eigenvalue weighted by Gasteiger charge is -2.29. The fourth-order valence-corrected chi connectivity index (χ4v) is 2.71. The Bertz CT molecular complexity index is 430. The zero-order chi connectivity index (χ0) is 15.1. The molecule has 0 bridgehead atoms. The molecule has 0 spiro atoms. The number of hydrogen-bond acceptors (Lipinski definition) is 5. The third-order valence-electron chi connectivity index (χ3n) is 3.89. The normalized spacial score (nSPS) is 21.9. The highest BCUT2D eigenvalue weighted by Crippen LogP contribution is 2.32. The second kappa shape index (κ2) is 8.10. The summed E-state index contributed by atoms with van der Waals surface area (Å²) >= 11 is 0. The summed E-state index contributed by atoms with van der Waals surface area (Å²) in [6, 6.07) is 6.27. The lowest BCUT2D eigenvalue weighted by atomic mass is 9.93. The molecule has 2 rings (SSSR count). The third kappa shape index (κ3) is 4.51. The summed E-state index contributed by atoms with van der Waals surface area (Å²) in [7, 11) is 3.40. The van der Waals surface area contributed by atoms with Crippen LogP contribution in [0.25, 0.3) is 0 Å². The Morgan fingerprint density at radius 1 is 1.14 bits per heavy atom. The summed E-state index contributed by atoms with van der Waals surface area (Å²) in [5.74, 6) is 1.33. The van der Waals surface area contributed by atoms with Gasteiger partial charge in [-0.25, -0.2) is 0 Å². The van der Waals surface area contributed by atoms with E-state index in [2.05, 4.69) is 5.32 Å². The first-order valence-electron chi connectivity index (χ1n) is 7.48. The first-order chi connectivity index (χ1) is 10.3. The molecule has 1 saturated carbocycles. The molecule has 0 radical (unpaired) electrons. The van der Waals surface area contributed by atoms with Crippen molar-refractivity contribution in [2.75, 3.05) is 32.8 Å². The van der Waals surface area contributed by atoms with Crippen LogP contribution in [0.3, 0.4) is 0 Å². The third-order valence-corrected chi connectivity index (χ3v) is 3.89. The van der Waals surface area contributed by atoms with Gasteiger partial charge in [0.15, 0.2) is 11.5 Å². The van der Waals surface area contributed by atoms with Gasteiger partial charge in [0.05, 0.1) is 19.8 Å². The van der Waals surface area contributed by atoms with Crippen molar-refractivity contribution < 1.29 is 19.3 Å². The number of methoxy groups -OCH3 is 2. The second-order valence-electron chi connectivity index (χ2n) is 5.29. The summed E-state index contributed by atoms with van der Waals surface area (Å²) in [6.45, 7) is 0.251. The molecule has 0 unspecified atom stereocenters. The maximum Gasteiger partial charge on any atom is 0.163 e. The zero-order valence-corrected chi connectivity index (χ0v) is 12.8. The van der Waals surface area contributed by atoms with Crippen molar-refractivity contribution in [3.05, 3.63) is 18.2 Å². The Labute approximate surface area is 126 Å². The molecule has 1 aromatic rings. The first kappa shape index (κ1) is 15.9. The predicted molar refractivity (Wildman–Crippen MR) is 82.3 cm³/mol. The molecule has 0 aromatic heterocycles. The fourth-order valence-electron chi connectivity index (χ4n) is 2.71. The molecule has 0 heterocycles. The zero-order valence-electron chi connectivity index (χ0n) is 12.8. The van der Waals surface area contributed by atoms with Gasteiger partial charge in [-0.15, -0.1) is 0 Å². The highest BCUT2D eigenvalue weighted by molar-refractivity contribution is 5.55. The fraction of sp³-hybridized carbons (Fsp3) is 0.625. The Balaban J connectivity index is 1.96. The predicted octanol–water partition coefficient (Wildman–Crippen LogP) is 2.44. The van der Waals surface area contributed by atoms with E-state index in [1.807, 2.05) is 18.2 Å². The number of benzene rings is 1. The van der Waals surface area contributed by atoms with Crippen LogP contribution < -0.4 is 14.8 Å². The molecule has 5 heteroatoms. The van der Waals surface area contributed by atoms with Crippen molar-refractivity contribution in [3.63, 3.8) is 0 Å². The summed E-state index contributed by atoms with van der Waals surface area (Å²) in [5, 5.41) is 12.4. The maximum atomic E-state index is 8.88. The number of nitrogens with one attached hydrogen (secondary N) is 1. The van der Waals surface area contributed by atoms with Crippen molar-refractivity contribution in [3.8, 4) is 11.5 Å². The maximum absolute atomic E-state index is 8.88. The van der Waals surface area contributed by atoms with Gasteiger partial charge in [-0.3, -0.25) is 0 Å².